The summed E-state index contributed by atoms with van der Waals surface area (Å²) in [5.74, 6) is 0.902. The lowest BCUT2D eigenvalue weighted by Gasteiger charge is -2.07. The first-order valence-corrected chi connectivity index (χ1v) is 6.36. The fourth-order valence-electron chi connectivity index (χ4n) is 1.92. The molecule has 90 valence electrons. The van der Waals surface area contributed by atoms with Gasteiger partial charge in [0.25, 0.3) is 0 Å². The Balaban J connectivity index is 1.98. The number of nitrogens with one attached hydrogen (secondary N) is 1. The third-order valence-corrected chi connectivity index (χ3v) is 2.89. The van der Waals surface area contributed by atoms with Crippen molar-refractivity contribution in [3.05, 3.63) is 30.5 Å². The average Bonchev–Trinajstić information content (AvgIpc) is 2.39. The Morgan fingerprint density at radius 1 is 1.12 bits per heavy atom. The molecule has 1 aromatic heterocycles. The van der Waals surface area contributed by atoms with Crippen LogP contribution < -0.4 is 5.32 Å². The number of unbranched alkanes of at least 4 members (excludes halogenated alkanes) is 3. The topological polar surface area (TPSA) is 37.8 Å². The van der Waals surface area contributed by atoms with E-state index in [-0.39, 0.29) is 0 Å². The van der Waals surface area contributed by atoms with E-state index < -0.39 is 0 Å². The van der Waals surface area contributed by atoms with E-state index >= 15 is 0 Å². The minimum Gasteiger partial charge on any atom is -0.368 e. The van der Waals surface area contributed by atoms with Gasteiger partial charge in [-0.05, 0) is 6.42 Å². The number of fused-ring (bicyclic) bond motifs is 1. The van der Waals surface area contributed by atoms with E-state index in [1.165, 1.54) is 25.7 Å². The number of aromatic nitrogens is 2. The smallest absolute Gasteiger partial charge is 0.156 e. The summed E-state index contributed by atoms with van der Waals surface area (Å²) in [6.45, 7) is 3.20. The van der Waals surface area contributed by atoms with Crippen molar-refractivity contribution in [1.29, 1.82) is 0 Å². The Hall–Kier alpha value is -1.64. The van der Waals surface area contributed by atoms with E-state index in [0.717, 1.165) is 23.1 Å². The van der Waals surface area contributed by atoms with E-state index in [0.29, 0.717) is 0 Å². The molecule has 0 radical (unpaired) electrons. The number of benzene rings is 1. The minimum atomic E-state index is 0.902. The maximum Gasteiger partial charge on any atom is 0.156 e. The number of nitrogens with zero attached hydrogens (tertiary/aromatic N) is 2. The van der Waals surface area contributed by atoms with Crippen molar-refractivity contribution < 1.29 is 0 Å². The fourth-order valence-corrected chi connectivity index (χ4v) is 1.92. The largest absolute Gasteiger partial charge is 0.368 e. The van der Waals surface area contributed by atoms with E-state index in [1.54, 1.807) is 6.20 Å². The predicted octanol–water partition coefficient (Wildman–Crippen LogP) is 3.62. The van der Waals surface area contributed by atoms with Crippen LogP contribution in [0.4, 0.5) is 5.82 Å². The van der Waals surface area contributed by atoms with Gasteiger partial charge in [-0.3, -0.25) is 0 Å². The molecule has 0 amide bonds. The van der Waals surface area contributed by atoms with Crippen LogP contribution in [0.2, 0.25) is 0 Å². The van der Waals surface area contributed by atoms with Crippen molar-refractivity contribution in [2.45, 2.75) is 32.6 Å². The van der Waals surface area contributed by atoms with Gasteiger partial charge in [-0.2, -0.15) is 5.10 Å². The normalized spacial score (nSPS) is 10.6. The lowest BCUT2D eigenvalue weighted by Crippen LogP contribution is -2.04. The molecule has 3 nitrogen and oxygen atoms in total. The highest BCUT2D eigenvalue weighted by Crippen LogP contribution is 2.19. The second-order valence-electron chi connectivity index (χ2n) is 4.27. The first-order valence-electron chi connectivity index (χ1n) is 6.36. The predicted molar refractivity (Wildman–Crippen MR) is 72.2 cm³/mol. The van der Waals surface area contributed by atoms with E-state index in [9.17, 15) is 0 Å². The first kappa shape index (κ1) is 11.8. The highest BCUT2D eigenvalue weighted by Gasteiger charge is 2.01. The van der Waals surface area contributed by atoms with E-state index in [4.69, 9.17) is 0 Å². The van der Waals surface area contributed by atoms with Crippen LogP contribution in [0.5, 0.6) is 0 Å². The molecule has 0 unspecified atom stereocenters. The van der Waals surface area contributed by atoms with Crippen LogP contribution in [0.1, 0.15) is 32.6 Å². The van der Waals surface area contributed by atoms with Gasteiger partial charge in [-0.1, -0.05) is 50.5 Å². The maximum atomic E-state index is 4.16. The van der Waals surface area contributed by atoms with Crippen molar-refractivity contribution in [1.82, 2.24) is 10.2 Å². The van der Waals surface area contributed by atoms with Crippen LogP contribution >= 0.6 is 0 Å². The zero-order valence-electron chi connectivity index (χ0n) is 10.3. The lowest BCUT2D eigenvalue weighted by molar-refractivity contribution is 0.684. The second kappa shape index (κ2) is 6.18. The second-order valence-corrected chi connectivity index (χ2v) is 4.27. The van der Waals surface area contributed by atoms with Gasteiger partial charge in [-0.15, -0.1) is 5.10 Å². The summed E-state index contributed by atoms with van der Waals surface area (Å²) in [6.07, 6.45) is 6.86. The van der Waals surface area contributed by atoms with Crippen molar-refractivity contribution in [3.63, 3.8) is 0 Å². The Labute approximate surface area is 102 Å². The molecule has 0 spiro atoms. The van der Waals surface area contributed by atoms with Crippen LogP contribution in [0, 0.1) is 0 Å². The number of anilines is 1. The first-order chi connectivity index (χ1) is 8.42. The van der Waals surface area contributed by atoms with Crippen LogP contribution in [0.25, 0.3) is 10.8 Å². The van der Waals surface area contributed by atoms with Gasteiger partial charge in [0.15, 0.2) is 5.82 Å². The molecule has 0 atom stereocenters. The van der Waals surface area contributed by atoms with Crippen LogP contribution in [-0.4, -0.2) is 16.7 Å². The summed E-state index contributed by atoms with van der Waals surface area (Å²) < 4.78 is 0. The summed E-state index contributed by atoms with van der Waals surface area (Å²) in [5.41, 5.74) is 0. The zero-order valence-corrected chi connectivity index (χ0v) is 10.3. The van der Waals surface area contributed by atoms with Gasteiger partial charge in [0.1, 0.15) is 0 Å². The molecule has 0 aliphatic carbocycles. The standard InChI is InChI=1S/C14H19N3/c1-2-3-4-7-10-15-14-13-9-6-5-8-12(13)11-16-17-14/h5-6,8-9,11H,2-4,7,10H2,1H3,(H,15,17). The highest BCUT2D eigenvalue weighted by atomic mass is 15.2. The molecule has 0 saturated carbocycles. The SMILES string of the molecule is CCCCCCNc1nncc2ccccc12. The van der Waals surface area contributed by atoms with E-state index in [1.807, 2.05) is 12.1 Å². The van der Waals surface area contributed by atoms with Gasteiger partial charge in [0.05, 0.1) is 6.20 Å². The molecule has 0 aliphatic rings. The molecule has 0 saturated heterocycles. The average molecular weight is 229 g/mol. The molecule has 3 heteroatoms. The van der Waals surface area contributed by atoms with Crippen LogP contribution in [0.15, 0.2) is 30.5 Å². The quantitative estimate of drug-likeness (QED) is 0.769. The van der Waals surface area contributed by atoms with Crippen molar-refractivity contribution in [3.8, 4) is 0 Å². The summed E-state index contributed by atoms with van der Waals surface area (Å²) in [4.78, 5) is 0. The molecule has 1 N–H and O–H groups in total. The maximum absolute atomic E-state index is 4.16. The summed E-state index contributed by atoms with van der Waals surface area (Å²) in [7, 11) is 0. The number of hydrogen-bond donors (Lipinski definition) is 1. The van der Waals surface area contributed by atoms with Crippen molar-refractivity contribution in [2.75, 3.05) is 11.9 Å². The Morgan fingerprint density at radius 2 is 2.00 bits per heavy atom. The number of rotatable bonds is 6. The van der Waals surface area contributed by atoms with Gasteiger partial charge in [0.2, 0.25) is 0 Å². The van der Waals surface area contributed by atoms with Gasteiger partial charge >= 0.3 is 0 Å². The molecular formula is C14H19N3. The molecule has 2 aromatic rings. The number of hydrogen-bond acceptors (Lipinski definition) is 3. The van der Waals surface area contributed by atoms with Gasteiger partial charge in [-0.25, -0.2) is 0 Å². The van der Waals surface area contributed by atoms with Crippen LogP contribution in [0.3, 0.4) is 0 Å². The van der Waals surface area contributed by atoms with Gasteiger partial charge < -0.3 is 5.32 Å². The molecule has 0 aliphatic heterocycles. The van der Waals surface area contributed by atoms with Crippen LogP contribution in [-0.2, 0) is 0 Å². The van der Waals surface area contributed by atoms with Gasteiger partial charge in [0, 0.05) is 17.3 Å². The lowest BCUT2D eigenvalue weighted by atomic mass is 10.2. The van der Waals surface area contributed by atoms with Crippen molar-refractivity contribution in [2.24, 2.45) is 0 Å². The Bertz CT molecular complexity index is 462. The van der Waals surface area contributed by atoms with E-state index in [2.05, 4.69) is 34.6 Å². The third kappa shape index (κ3) is 3.16. The molecular weight excluding hydrogens is 210 g/mol. The summed E-state index contributed by atoms with van der Waals surface area (Å²) in [6, 6.07) is 8.20. The molecule has 0 bridgehead atoms. The molecule has 2 rings (SSSR count). The summed E-state index contributed by atoms with van der Waals surface area (Å²) in [5, 5.41) is 13.8. The zero-order chi connectivity index (χ0) is 11.9. The minimum absolute atomic E-state index is 0.902. The fraction of sp³-hybridized carbons (Fsp3) is 0.429. The molecule has 1 heterocycles. The Kier molecular flexibility index (Phi) is 4.30. The highest BCUT2D eigenvalue weighted by molar-refractivity contribution is 5.90. The molecule has 0 fully saturated rings. The monoisotopic (exact) mass is 229 g/mol. The van der Waals surface area contributed by atoms with Crippen molar-refractivity contribution >= 4 is 16.6 Å². The summed E-state index contributed by atoms with van der Waals surface area (Å²) >= 11 is 0. The molecule has 1 aromatic carbocycles. The third-order valence-electron chi connectivity index (χ3n) is 2.89. The molecule has 17 heavy (non-hydrogen) atoms. The Morgan fingerprint density at radius 3 is 2.88 bits per heavy atom.